The highest BCUT2D eigenvalue weighted by Gasteiger charge is 2.19. The van der Waals surface area contributed by atoms with Crippen LogP contribution in [-0.2, 0) is 4.79 Å². The van der Waals surface area contributed by atoms with Crippen LogP contribution in [0.4, 0.5) is 0 Å². The van der Waals surface area contributed by atoms with Gasteiger partial charge in [0.15, 0.2) is 12.4 Å². The van der Waals surface area contributed by atoms with Crippen molar-refractivity contribution < 1.29 is 23.8 Å². The quantitative estimate of drug-likeness (QED) is 0.175. The van der Waals surface area contributed by atoms with Crippen molar-refractivity contribution in [2.75, 3.05) is 31.3 Å². The smallest absolute Gasteiger partial charge is 0.277 e. The van der Waals surface area contributed by atoms with Crippen molar-refractivity contribution in [2.24, 2.45) is 5.10 Å². The maximum Gasteiger partial charge on any atom is 0.277 e. The molecule has 1 amide bonds. The molecule has 3 aromatic rings. The molecule has 1 N–H and O–H groups in total. The van der Waals surface area contributed by atoms with E-state index in [9.17, 15) is 9.59 Å². The van der Waals surface area contributed by atoms with Crippen LogP contribution < -0.4 is 19.6 Å². The zero-order valence-corrected chi connectivity index (χ0v) is 23.0. The molecule has 0 aromatic heterocycles. The molecule has 3 aromatic carbocycles. The topological polar surface area (TPSA) is 86.2 Å². The Morgan fingerprint density at radius 2 is 1.61 bits per heavy atom. The van der Waals surface area contributed by atoms with Crippen LogP contribution >= 0.6 is 23.5 Å². The van der Waals surface area contributed by atoms with Gasteiger partial charge < -0.3 is 14.2 Å². The molecule has 1 saturated heterocycles. The van der Waals surface area contributed by atoms with E-state index in [2.05, 4.69) is 10.5 Å². The summed E-state index contributed by atoms with van der Waals surface area (Å²) in [6.07, 6.45) is 1.45. The van der Waals surface area contributed by atoms with Crippen molar-refractivity contribution in [3.05, 3.63) is 89.0 Å². The van der Waals surface area contributed by atoms with E-state index in [0.717, 1.165) is 0 Å². The third-order valence-electron chi connectivity index (χ3n) is 5.53. The van der Waals surface area contributed by atoms with Gasteiger partial charge in [0.1, 0.15) is 17.2 Å². The van der Waals surface area contributed by atoms with Gasteiger partial charge in [-0.25, -0.2) is 5.43 Å². The molecule has 4 rings (SSSR count). The average Bonchev–Trinajstić information content (AvgIpc) is 3.49. The molecule has 1 heterocycles. The predicted molar refractivity (Wildman–Crippen MR) is 154 cm³/mol. The summed E-state index contributed by atoms with van der Waals surface area (Å²) in [5.41, 5.74) is 5.19. The molecule has 38 heavy (non-hydrogen) atoms. The van der Waals surface area contributed by atoms with Crippen LogP contribution in [0.3, 0.4) is 0 Å². The number of nitrogens with zero attached hydrogens (tertiary/aromatic N) is 1. The Balaban J connectivity index is 1.42. The van der Waals surface area contributed by atoms with Crippen molar-refractivity contribution in [1.29, 1.82) is 0 Å². The lowest BCUT2D eigenvalue weighted by molar-refractivity contribution is -0.123. The molecular weight excluding hydrogens is 520 g/mol. The van der Waals surface area contributed by atoms with Crippen LogP contribution in [0, 0.1) is 0 Å². The Kier molecular flexibility index (Phi) is 10.1. The van der Waals surface area contributed by atoms with Gasteiger partial charge in [-0.3, -0.25) is 9.59 Å². The maximum absolute atomic E-state index is 13.2. The summed E-state index contributed by atoms with van der Waals surface area (Å²) >= 11 is 3.89. The van der Waals surface area contributed by atoms with Crippen molar-refractivity contribution >= 4 is 41.4 Å². The molecule has 1 aliphatic heterocycles. The minimum absolute atomic E-state index is 0.178. The summed E-state index contributed by atoms with van der Waals surface area (Å²) in [7, 11) is 0. The number of hydrogen-bond donors (Lipinski definition) is 1. The number of carbonyl (C=O) groups is 2. The van der Waals surface area contributed by atoms with E-state index in [4.69, 9.17) is 14.2 Å². The monoisotopic (exact) mass is 550 g/mol. The zero-order chi connectivity index (χ0) is 26.7. The molecule has 0 unspecified atom stereocenters. The predicted octanol–water partition coefficient (Wildman–Crippen LogP) is 5.72. The lowest BCUT2D eigenvalue weighted by Crippen LogP contribution is -2.24. The van der Waals surface area contributed by atoms with Gasteiger partial charge in [0.2, 0.25) is 0 Å². The molecule has 198 valence electrons. The van der Waals surface area contributed by atoms with E-state index in [1.165, 1.54) is 23.3 Å². The summed E-state index contributed by atoms with van der Waals surface area (Å²) in [6, 6.07) is 20.2. The fourth-order valence-corrected chi connectivity index (χ4v) is 6.64. The number of amides is 1. The number of rotatable bonds is 12. The molecule has 0 saturated carbocycles. The van der Waals surface area contributed by atoms with E-state index in [1.807, 2.05) is 79.8 Å². The summed E-state index contributed by atoms with van der Waals surface area (Å²) in [6.45, 7) is 4.34. The Hall–Kier alpha value is -3.43. The van der Waals surface area contributed by atoms with Gasteiger partial charge in [0, 0.05) is 28.7 Å². The highest BCUT2D eigenvalue weighted by atomic mass is 32.2. The van der Waals surface area contributed by atoms with E-state index in [0.29, 0.717) is 51.7 Å². The normalized spacial score (nSPS) is 13.4. The van der Waals surface area contributed by atoms with Crippen LogP contribution in [0.5, 0.6) is 17.2 Å². The number of ketones is 1. The van der Waals surface area contributed by atoms with Crippen LogP contribution in [0.2, 0.25) is 0 Å². The maximum atomic E-state index is 13.2. The molecule has 1 fully saturated rings. The summed E-state index contributed by atoms with van der Waals surface area (Å²) in [5, 5.41) is 4.07. The second-order valence-corrected chi connectivity index (χ2v) is 10.9. The van der Waals surface area contributed by atoms with Crippen LogP contribution in [0.1, 0.15) is 45.5 Å². The van der Waals surface area contributed by atoms with E-state index in [1.54, 1.807) is 24.3 Å². The van der Waals surface area contributed by atoms with Gasteiger partial charge >= 0.3 is 0 Å². The summed E-state index contributed by atoms with van der Waals surface area (Å²) in [4.78, 5) is 25.5. The van der Waals surface area contributed by atoms with Gasteiger partial charge in [0.25, 0.3) is 5.91 Å². The number of benzene rings is 3. The molecule has 0 atom stereocenters. The standard InChI is InChI=1S/C29H30N2O5S2/c1-3-34-25-17-26(35-4-2)24(28(33)20-8-6-5-7-9-20)16-22(25)18-30-31-27(32)19-36-23-12-10-21(11-13-23)29-37-14-15-38-29/h5-13,16-18,29H,3-4,14-15,19H2,1-2H3,(H,31,32)/b30-18-. The molecule has 0 aliphatic carbocycles. The minimum Gasteiger partial charge on any atom is -0.493 e. The molecule has 1 aliphatic rings. The van der Waals surface area contributed by atoms with Crippen LogP contribution in [0.25, 0.3) is 0 Å². The Morgan fingerprint density at radius 1 is 0.921 bits per heavy atom. The average molecular weight is 551 g/mol. The zero-order valence-electron chi connectivity index (χ0n) is 21.3. The van der Waals surface area contributed by atoms with Gasteiger partial charge in [-0.15, -0.1) is 23.5 Å². The molecule has 7 nitrogen and oxygen atoms in total. The van der Waals surface area contributed by atoms with Crippen LogP contribution in [0.15, 0.2) is 71.8 Å². The largest absolute Gasteiger partial charge is 0.493 e. The van der Waals surface area contributed by atoms with E-state index >= 15 is 0 Å². The van der Waals surface area contributed by atoms with Gasteiger partial charge in [-0.05, 0) is 37.6 Å². The molecule has 0 spiro atoms. The first-order valence-corrected chi connectivity index (χ1v) is 14.5. The minimum atomic E-state index is -0.406. The Labute approximate surface area is 231 Å². The van der Waals surface area contributed by atoms with E-state index in [-0.39, 0.29) is 12.4 Å². The first kappa shape index (κ1) is 27.6. The number of carbonyl (C=O) groups excluding carboxylic acids is 2. The van der Waals surface area contributed by atoms with E-state index < -0.39 is 5.91 Å². The summed E-state index contributed by atoms with van der Waals surface area (Å²) in [5.74, 6) is 3.29. The lowest BCUT2D eigenvalue weighted by Gasteiger charge is -2.14. The third-order valence-corrected chi connectivity index (χ3v) is 8.63. The first-order chi connectivity index (χ1) is 18.6. The molecule has 9 heteroatoms. The number of hydrogen-bond acceptors (Lipinski definition) is 8. The highest BCUT2D eigenvalue weighted by molar-refractivity contribution is 8.19. The van der Waals surface area contributed by atoms with Gasteiger partial charge in [-0.1, -0.05) is 42.5 Å². The second kappa shape index (κ2) is 13.9. The second-order valence-electron chi connectivity index (χ2n) is 8.17. The lowest BCUT2D eigenvalue weighted by atomic mass is 10.00. The SMILES string of the molecule is CCOc1cc(OCC)c(C(=O)c2ccccc2)cc1/C=N\NC(=O)COc1ccc(C2SCCS2)cc1. The Bertz CT molecular complexity index is 1260. The molecule has 0 bridgehead atoms. The van der Waals surface area contributed by atoms with Gasteiger partial charge in [0.05, 0.1) is 29.6 Å². The van der Waals surface area contributed by atoms with Crippen LogP contribution in [-0.4, -0.2) is 49.2 Å². The fraction of sp³-hybridized carbons (Fsp3) is 0.276. The molecule has 0 radical (unpaired) electrons. The fourth-order valence-electron chi connectivity index (χ4n) is 3.78. The first-order valence-electron chi connectivity index (χ1n) is 12.4. The number of nitrogens with one attached hydrogen (secondary N) is 1. The molecular formula is C29H30N2O5S2. The Morgan fingerprint density at radius 3 is 2.29 bits per heavy atom. The van der Waals surface area contributed by atoms with Crippen molar-refractivity contribution in [2.45, 2.75) is 18.4 Å². The van der Waals surface area contributed by atoms with Crippen molar-refractivity contribution in [1.82, 2.24) is 5.43 Å². The van der Waals surface area contributed by atoms with Crippen molar-refractivity contribution in [3.8, 4) is 17.2 Å². The number of thioether (sulfide) groups is 2. The summed E-state index contributed by atoms with van der Waals surface area (Å²) < 4.78 is 17.6. The highest BCUT2D eigenvalue weighted by Crippen LogP contribution is 2.45. The number of hydrazone groups is 1. The number of ether oxygens (including phenoxy) is 3. The van der Waals surface area contributed by atoms with Crippen molar-refractivity contribution in [3.63, 3.8) is 0 Å². The van der Waals surface area contributed by atoms with Gasteiger partial charge in [-0.2, -0.15) is 5.10 Å². The third kappa shape index (κ3) is 7.33.